The summed E-state index contributed by atoms with van der Waals surface area (Å²) in [6, 6.07) is 11.8. The van der Waals surface area contributed by atoms with Gasteiger partial charge in [0.05, 0.1) is 14.2 Å². The zero-order chi connectivity index (χ0) is 18.7. The highest BCUT2D eigenvalue weighted by atomic mass is 16.5. The summed E-state index contributed by atoms with van der Waals surface area (Å²) < 4.78 is 10.7. The second-order valence-corrected chi connectivity index (χ2v) is 6.92. The van der Waals surface area contributed by atoms with Gasteiger partial charge >= 0.3 is 6.03 Å². The number of nitrogens with one attached hydrogen (secondary N) is 2. The molecule has 0 spiro atoms. The molecule has 2 N–H and O–H groups in total. The zero-order valence-corrected chi connectivity index (χ0v) is 15.8. The normalized spacial score (nSPS) is 14.5. The van der Waals surface area contributed by atoms with Crippen LogP contribution in [0.15, 0.2) is 36.4 Å². The van der Waals surface area contributed by atoms with Crippen molar-refractivity contribution in [2.75, 3.05) is 26.1 Å². The predicted molar refractivity (Wildman–Crippen MR) is 103 cm³/mol. The van der Waals surface area contributed by atoms with Crippen LogP contribution in [0.3, 0.4) is 0 Å². The number of methoxy groups -OCH3 is 2. The second-order valence-electron chi connectivity index (χ2n) is 6.92. The molecule has 0 bridgehead atoms. The third kappa shape index (κ3) is 3.62. The van der Waals surface area contributed by atoms with Crippen LogP contribution in [0.2, 0.25) is 0 Å². The van der Waals surface area contributed by atoms with Gasteiger partial charge in [-0.3, -0.25) is 0 Å². The summed E-state index contributed by atoms with van der Waals surface area (Å²) >= 11 is 0. The summed E-state index contributed by atoms with van der Waals surface area (Å²) in [4.78, 5) is 12.4. The summed E-state index contributed by atoms with van der Waals surface area (Å²) in [5.41, 5.74) is 4.14. The highest BCUT2D eigenvalue weighted by molar-refractivity contribution is 5.91. The first-order valence-electron chi connectivity index (χ1n) is 8.83. The number of para-hydroxylation sites is 1. The fourth-order valence-electron chi connectivity index (χ4n) is 3.30. The number of carbonyl (C=O) groups is 1. The average molecular weight is 354 g/mol. The first-order chi connectivity index (χ1) is 12.5. The molecule has 0 atom stereocenters. The van der Waals surface area contributed by atoms with E-state index < -0.39 is 0 Å². The standard InChI is InChI=1S/C21H26N2O3/c1-14-6-5-7-15(2)19(14)23-20(24)22-13-21(10-11-21)16-8-9-17(25-3)18(12-16)26-4/h5-9,12H,10-11,13H2,1-4H3,(H2,22,23,24). The number of amides is 2. The van der Waals surface area contributed by atoms with Gasteiger partial charge in [0.2, 0.25) is 0 Å². The van der Waals surface area contributed by atoms with Crippen molar-refractivity contribution in [3.8, 4) is 11.5 Å². The van der Waals surface area contributed by atoms with Crippen LogP contribution >= 0.6 is 0 Å². The van der Waals surface area contributed by atoms with Gasteiger partial charge in [0, 0.05) is 17.6 Å². The Morgan fingerprint density at radius 2 is 1.69 bits per heavy atom. The fourth-order valence-corrected chi connectivity index (χ4v) is 3.30. The molecule has 1 aliphatic rings. The number of carbonyl (C=O) groups excluding carboxylic acids is 1. The summed E-state index contributed by atoms with van der Waals surface area (Å²) in [7, 11) is 3.27. The highest BCUT2D eigenvalue weighted by Crippen LogP contribution is 2.49. The van der Waals surface area contributed by atoms with Gasteiger partial charge < -0.3 is 20.1 Å². The molecule has 0 aliphatic heterocycles. The maximum absolute atomic E-state index is 12.4. The topological polar surface area (TPSA) is 59.6 Å². The zero-order valence-electron chi connectivity index (χ0n) is 15.8. The van der Waals surface area contributed by atoms with Gasteiger partial charge in [-0.05, 0) is 55.5 Å². The Morgan fingerprint density at radius 1 is 1.04 bits per heavy atom. The van der Waals surface area contributed by atoms with Crippen LogP contribution in [0.5, 0.6) is 11.5 Å². The highest BCUT2D eigenvalue weighted by Gasteiger charge is 2.44. The monoisotopic (exact) mass is 354 g/mol. The second kappa shape index (κ2) is 7.28. The number of anilines is 1. The van der Waals surface area contributed by atoms with Crippen molar-refractivity contribution in [2.24, 2.45) is 0 Å². The van der Waals surface area contributed by atoms with E-state index in [1.807, 2.05) is 44.2 Å². The molecule has 1 fully saturated rings. The molecule has 26 heavy (non-hydrogen) atoms. The summed E-state index contributed by atoms with van der Waals surface area (Å²) in [6.45, 7) is 4.59. The lowest BCUT2D eigenvalue weighted by atomic mass is 9.95. The first-order valence-corrected chi connectivity index (χ1v) is 8.83. The molecule has 0 aromatic heterocycles. The summed E-state index contributed by atoms with van der Waals surface area (Å²) in [5.74, 6) is 1.43. The minimum absolute atomic E-state index is 0.0162. The van der Waals surface area contributed by atoms with Crippen molar-refractivity contribution in [2.45, 2.75) is 32.1 Å². The van der Waals surface area contributed by atoms with Gasteiger partial charge in [-0.25, -0.2) is 4.79 Å². The van der Waals surface area contributed by atoms with E-state index in [0.29, 0.717) is 12.3 Å². The Hall–Kier alpha value is -2.69. The summed E-state index contributed by atoms with van der Waals surface area (Å²) in [6.07, 6.45) is 2.10. The molecule has 5 heteroatoms. The quantitative estimate of drug-likeness (QED) is 0.818. The lowest BCUT2D eigenvalue weighted by Gasteiger charge is -2.19. The average Bonchev–Trinajstić information content (AvgIpc) is 3.44. The van der Waals surface area contributed by atoms with Crippen molar-refractivity contribution in [1.82, 2.24) is 5.32 Å². The molecule has 1 saturated carbocycles. The SMILES string of the molecule is COc1ccc(C2(CNC(=O)Nc3c(C)cccc3C)CC2)cc1OC. The lowest BCUT2D eigenvalue weighted by molar-refractivity contribution is 0.251. The molecule has 3 rings (SSSR count). The molecule has 0 saturated heterocycles. The molecule has 0 heterocycles. The van der Waals surface area contributed by atoms with Crippen LogP contribution in [0, 0.1) is 13.8 Å². The molecule has 0 radical (unpaired) electrons. The predicted octanol–water partition coefficient (Wildman–Crippen LogP) is 4.17. The Morgan fingerprint density at radius 3 is 2.27 bits per heavy atom. The van der Waals surface area contributed by atoms with Crippen molar-refractivity contribution >= 4 is 11.7 Å². The minimum atomic E-state index is -0.172. The van der Waals surface area contributed by atoms with E-state index in [1.54, 1.807) is 14.2 Å². The molecule has 5 nitrogen and oxygen atoms in total. The van der Waals surface area contributed by atoms with Crippen molar-refractivity contribution in [1.29, 1.82) is 0 Å². The number of urea groups is 1. The maximum atomic E-state index is 12.4. The number of rotatable bonds is 6. The van der Waals surface area contributed by atoms with Crippen LogP contribution in [0.25, 0.3) is 0 Å². The van der Waals surface area contributed by atoms with Gasteiger partial charge in [-0.2, -0.15) is 0 Å². The van der Waals surface area contributed by atoms with Gasteiger partial charge in [0.15, 0.2) is 11.5 Å². The van der Waals surface area contributed by atoms with Crippen LogP contribution in [0.1, 0.15) is 29.5 Å². The van der Waals surface area contributed by atoms with Gasteiger partial charge in [-0.1, -0.05) is 24.3 Å². The van der Waals surface area contributed by atoms with E-state index in [-0.39, 0.29) is 11.4 Å². The van der Waals surface area contributed by atoms with E-state index in [9.17, 15) is 4.79 Å². The molecule has 138 valence electrons. The van der Waals surface area contributed by atoms with Crippen molar-refractivity contribution in [3.63, 3.8) is 0 Å². The van der Waals surface area contributed by atoms with E-state index in [1.165, 1.54) is 5.56 Å². The van der Waals surface area contributed by atoms with Gasteiger partial charge in [-0.15, -0.1) is 0 Å². The first kappa shape index (κ1) is 18.1. The van der Waals surface area contributed by atoms with Gasteiger partial charge in [0.25, 0.3) is 0 Å². The van der Waals surface area contributed by atoms with E-state index in [4.69, 9.17) is 9.47 Å². The van der Waals surface area contributed by atoms with E-state index in [2.05, 4.69) is 16.7 Å². The molecule has 2 aromatic carbocycles. The van der Waals surface area contributed by atoms with E-state index in [0.717, 1.165) is 35.4 Å². The number of ether oxygens (including phenoxy) is 2. The Bertz CT molecular complexity index is 793. The molecule has 1 aliphatic carbocycles. The van der Waals surface area contributed by atoms with E-state index >= 15 is 0 Å². The van der Waals surface area contributed by atoms with Crippen LogP contribution in [-0.2, 0) is 5.41 Å². The molecule has 2 aromatic rings. The van der Waals surface area contributed by atoms with Crippen molar-refractivity contribution < 1.29 is 14.3 Å². The molecular formula is C21H26N2O3. The largest absolute Gasteiger partial charge is 0.493 e. The Balaban J connectivity index is 1.67. The maximum Gasteiger partial charge on any atom is 0.319 e. The fraction of sp³-hybridized carbons (Fsp3) is 0.381. The summed E-state index contributed by atoms with van der Waals surface area (Å²) in [5, 5.41) is 6.01. The van der Waals surface area contributed by atoms with Crippen LogP contribution in [0.4, 0.5) is 10.5 Å². The van der Waals surface area contributed by atoms with Crippen LogP contribution in [-0.4, -0.2) is 26.8 Å². The number of aryl methyl sites for hydroxylation is 2. The third-order valence-electron chi connectivity index (χ3n) is 5.16. The Kier molecular flexibility index (Phi) is 5.07. The number of benzene rings is 2. The number of hydrogen-bond acceptors (Lipinski definition) is 3. The molecule has 2 amide bonds. The minimum Gasteiger partial charge on any atom is -0.493 e. The smallest absolute Gasteiger partial charge is 0.319 e. The Labute approximate surface area is 154 Å². The van der Waals surface area contributed by atoms with Gasteiger partial charge in [0.1, 0.15) is 0 Å². The molecule has 0 unspecified atom stereocenters. The lowest BCUT2D eigenvalue weighted by Crippen LogP contribution is -2.35. The molecular weight excluding hydrogens is 328 g/mol. The number of hydrogen-bond donors (Lipinski definition) is 2. The third-order valence-corrected chi connectivity index (χ3v) is 5.16. The van der Waals surface area contributed by atoms with Crippen molar-refractivity contribution in [3.05, 3.63) is 53.1 Å². The van der Waals surface area contributed by atoms with Crippen LogP contribution < -0.4 is 20.1 Å².